The third-order valence-corrected chi connectivity index (χ3v) is 4.87. The van der Waals surface area contributed by atoms with E-state index in [1.807, 2.05) is 30.3 Å². The van der Waals surface area contributed by atoms with Gasteiger partial charge >= 0.3 is 0 Å². The molecule has 0 saturated carbocycles. The zero-order valence-electron chi connectivity index (χ0n) is 15.6. The smallest absolute Gasteiger partial charge is 0.277 e. The van der Waals surface area contributed by atoms with E-state index in [9.17, 15) is 20.2 Å². The molecular weight excluding hydrogens is 394 g/mol. The van der Waals surface area contributed by atoms with Gasteiger partial charge in [-0.3, -0.25) is 10.0 Å². The lowest BCUT2D eigenvalue weighted by atomic mass is 9.96. The number of ether oxygens (including phenoxy) is 1. The highest BCUT2D eigenvalue weighted by molar-refractivity contribution is 7.80. The van der Waals surface area contributed by atoms with Gasteiger partial charge in [-0.1, -0.05) is 36.4 Å². The third kappa shape index (κ3) is 5.28. The summed E-state index contributed by atoms with van der Waals surface area (Å²) in [6.45, 7) is -0.593. The van der Waals surface area contributed by atoms with Crippen LogP contribution in [0.15, 0.2) is 60.7 Å². The molecule has 0 spiro atoms. The van der Waals surface area contributed by atoms with Crippen LogP contribution in [0.2, 0.25) is 0 Å². The lowest BCUT2D eigenvalue weighted by Gasteiger charge is -2.29. The van der Waals surface area contributed by atoms with Crippen molar-refractivity contribution in [2.45, 2.75) is 17.8 Å². The van der Waals surface area contributed by atoms with E-state index in [0.717, 1.165) is 5.69 Å². The van der Waals surface area contributed by atoms with Crippen LogP contribution in [0, 0.1) is 0 Å². The molecule has 154 valence electrons. The molecule has 29 heavy (non-hydrogen) atoms. The average Bonchev–Trinajstić information content (AvgIpc) is 3.01. The molecule has 5 N–H and O–H groups in total. The molecule has 9 heteroatoms. The zero-order chi connectivity index (χ0) is 20.9. The van der Waals surface area contributed by atoms with Gasteiger partial charge in [0, 0.05) is 17.8 Å². The van der Waals surface area contributed by atoms with Crippen LogP contribution in [0.3, 0.4) is 0 Å². The number of nitrogens with zero attached hydrogens (tertiary/aromatic N) is 1. The number of anilines is 1. The maximum absolute atomic E-state index is 12.3. The second-order valence-electron chi connectivity index (χ2n) is 6.83. The van der Waals surface area contributed by atoms with Crippen molar-refractivity contribution in [1.82, 2.24) is 10.4 Å². The van der Waals surface area contributed by atoms with Gasteiger partial charge in [0.2, 0.25) is 0 Å². The average molecular weight is 417 g/mol. The molecule has 0 bridgehead atoms. The maximum Gasteiger partial charge on any atom is 0.277 e. The predicted molar refractivity (Wildman–Crippen MR) is 111 cm³/mol. The highest BCUT2D eigenvalue weighted by atomic mass is 32.1. The summed E-state index contributed by atoms with van der Waals surface area (Å²) < 4.78 is 5.47. The topological polar surface area (TPSA) is 114 Å². The molecule has 0 aromatic heterocycles. The van der Waals surface area contributed by atoms with E-state index >= 15 is 0 Å². The fourth-order valence-corrected chi connectivity index (χ4v) is 3.24. The Bertz CT molecular complexity index is 839. The summed E-state index contributed by atoms with van der Waals surface area (Å²) >= 11 is 5.21. The molecule has 0 radical (unpaired) electrons. The lowest BCUT2D eigenvalue weighted by Crippen LogP contribution is -2.54. The molecule has 1 amide bonds. The van der Waals surface area contributed by atoms with Crippen LogP contribution in [0.4, 0.5) is 5.69 Å². The monoisotopic (exact) mass is 417 g/mol. The van der Waals surface area contributed by atoms with Gasteiger partial charge in [-0.05, 0) is 36.5 Å². The fourth-order valence-electron chi connectivity index (χ4n) is 3.03. The van der Waals surface area contributed by atoms with Crippen LogP contribution in [0.1, 0.15) is 10.4 Å². The molecule has 1 heterocycles. The quantitative estimate of drug-likeness (QED) is 0.269. The van der Waals surface area contributed by atoms with Crippen molar-refractivity contribution in [3.8, 4) is 0 Å². The summed E-state index contributed by atoms with van der Waals surface area (Å²) in [6, 6.07) is 17.5. The Balaban J connectivity index is 1.52. The number of nitrogens with one attached hydrogen (secondary N) is 2. The molecule has 1 aliphatic heterocycles. The zero-order valence-corrected chi connectivity index (χ0v) is 16.4. The number of aliphatic hydroxyl groups excluding tert-OH is 1. The van der Waals surface area contributed by atoms with Gasteiger partial charge in [-0.2, -0.15) is 0 Å². The number of carbonyl (C=O) groups excluding carboxylic acids is 1. The van der Waals surface area contributed by atoms with E-state index in [1.165, 1.54) is 0 Å². The first-order valence-electron chi connectivity index (χ1n) is 9.07. The first-order chi connectivity index (χ1) is 13.9. The summed E-state index contributed by atoms with van der Waals surface area (Å²) in [5.74, 6) is -0.680. The van der Waals surface area contributed by atoms with Crippen molar-refractivity contribution >= 4 is 28.9 Å². The van der Waals surface area contributed by atoms with E-state index < -0.39 is 30.3 Å². The van der Waals surface area contributed by atoms with Crippen molar-refractivity contribution < 1.29 is 25.0 Å². The Morgan fingerprint density at radius 3 is 2.45 bits per heavy atom. The lowest BCUT2D eigenvalue weighted by molar-refractivity contribution is -0.133. The van der Waals surface area contributed by atoms with E-state index in [-0.39, 0.29) is 18.7 Å². The van der Waals surface area contributed by atoms with Crippen LogP contribution < -0.4 is 10.6 Å². The minimum absolute atomic E-state index is 0.139. The molecular formula is C20H23N3O5S. The van der Waals surface area contributed by atoms with E-state index in [0.29, 0.717) is 10.2 Å². The van der Waals surface area contributed by atoms with Gasteiger partial charge in [-0.15, -0.1) is 0 Å². The number of aliphatic hydroxyl groups is 2. The second kappa shape index (κ2) is 9.29. The van der Waals surface area contributed by atoms with Crippen molar-refractivity contribution in [2.75, 3.05) is 25.0 Å². The summed E-state index contributed by atoms with van der Waals surface area (Å²) in [6.07, 6.45) is -2.09. The van der Waals surface area contributed by atoms with Gasteiger partial charge in [0.25, 0.3) is 5.91 Å². The normalized spacial score (nSPS) is 23.4. The number of hydrogen-bond acceptors (Lipinski definition) is 6. The van der Waals surface area contributed by atoms with Gasteiger partial charge in [-0.25, -0.2) is 5.06 Å². The molecule has 8 nitrogen and oxygen atoms in total. The Kier molecular flexibility index (Phi) is 6.78. The second-order valence-corrected chi connectivity index (χ2v) is 7.24. The van der Waals surface area contributed by atoms with Crippen molar-refractivity contribution in [3.05, 3.63) is 66.2 Å². The highest BCUT2D eigenvalue weighted by Crippen LogP contribution is 2.26. The van der Waals surface area contributed by atoms with E-state index in [2.05, 4.69) is 10.6 Å². The molecule has 2 aromatic rings. The summed E-state index contributed by atoms with van der Waals surface area (Å²) in [5, 5.41) is 37.9. The van der Waals surface area contributed by atoms with Crippen molar-refractivity contribution in [2.24, 2.45) is 0 Å². The molecule has 3 rings (SSSR count). The number of rotatable bonds is 6. The fraction of sp³-hybridized carbons (Fsp3) is 0.300. The Morgan fingerprint density at radius 1 is 1.17 bits per heavy atom. The predicted octanol–water partition coefficient (Wildman–Crippen LogP) is 0.995. The van der Waals surface area contributed by atoms with Gasteiger partial charge in [0.15, 0.2) is 5.11 Å². The number of hydrogen-bond donors (Lipinski definition) is 5. The molecule has 1 saturated heterocycles. The highest BCUT2D eigenvalue weighted by Gasteiger charge is 2.49. The van der Waals surface area contributed by atoms with Crippen molar-refractivity contribution in [1.29, 1.82) is 0 Å². The van der Waals surface area contributed by atoms with Crippen LogP contribution in [0.5, 0.6) is 0 Å². The number of thiocarbonyl (C=S) groups is 1. The maximum atomic E-state index is 12.3. The minimum atomic E-state index is -1.81. The summed E-state index contributed by atoms with van der Waals surface area (Å²) in [7, 11) is 0. The van der Waals surface area contributed by atoms with Gasteiger partial charge < -0.3 is 25.6 Å². The molecule has 3 atom stereocenters. The van der Waals surface area contributed by atoms with E-state index in [1.54, 1.807) is 30.3 Å². The Hall–Kier alpha value is -2.56. The third-order valence-electron chi connectivity index (χ3n) is 4.62. The number of carbonyl (C=O) groups is 1. The summed E-state index contributed by atoms with van der Waals surface area (Å²) in [4.78, 5) is 12.3. The molecule has 1 aliphatic rings. The van der Waals surface area contributed by atoms with Crippen molar-refractivity contribution in [3.63, 3.8) is 0 Å². The minimum Gasteiger partial charge on any atom is -0.387 e. The molecule has 0 unspecified atom stereocenters. The number of hydroxylamine groups is 2. The van der Waals surface area contributed by atoms with E-state index in [4.69, 9.17) is 17.0 Å². The SMILES string of the molecule is O=C(c1ccccc1)N(O)C[C@]1(O)CO[C@H](CNC(=S)Nc2ccccc2)[C@H]1O. The first-order valence-corrected chi connectivity index (χ1v) is 9.47. The van der Waals surface area contributed by atoms with Crippen LogP contribution >= 0.6 is 12.2 Å². The van der Waals surface area contributed by atoms with Crippen LogP contribution in [0.25, 0.3) is 0 Å². The molecule has 2 aromatic carbocycles. The summed E-state index contributed by atoms with van der Waals surface area (Å²) in [5.41, 5.74) is -0.729. The molecule has 0 aliphatic carbocycles. The number of amides is 1. The van der Waals surface area contributed by atoms with Gasteiger partial charge in [0.1, 0.15) is 17.8 Å². The molecule has 1 fully saturated rings. The Morgan fingerprint density at radius 2 is 1.79 bits per heavy atom. The first kappa shape index (κ1) is 21.2. The Labute approximate surface area is 173 Å². The van der Waals surface area contributed by atoms with Crippen LogP contribution in [-0.4, -0.2) is 69.0 Å². The van der Waals surface area contributed by atoms with Crippen LogP contribution in [-0.2, 0) is 4.74 Å². The number of benzene rings is 2. The van der Waals surface area contributed by atoms with Gasteiger partial charge in [0.05, 0.1) is 13.2 Å². The number of para-hydroxylation sites is 1. The standard InChI is InChI=1S/C20H23N3O5S/c24-17-16(11-21-19(29)22-15-9-5-2-6-10-15)28-13-20(17,26)12-23(27)18(25)14-7-3-1-4-8-14/h1-10,16-17,24,26-27H,11-13H2,(H2,21,22,29)/t16-,17-,20+/m1/s1. The largest absolute Gasteiger partial charge is 0.387 e.